The van der Waals surface area contributed by atoms with Crippen LogP contribution < -0.4 is 14.5 Å². The van der Waals surface area contributed by atoms with E-state index in [-0.39, 0.29) is 60.9 Å². The first-order valence-corrected chi connectivity index (χ1v) is 18.2. The van der Waals surface area contributed by atoms with Crippen LogP contribution in [-0.2, 0) is 14.8 Å². The van der Waals surface area contributed by atoms with Crippen molar-refractivity contribution >= 4 is 43.5 Å². The van der Waals surface area contributed by atoms with Gasteiger partial charge < -0.3 is 19.3 Å². The van der Waals surface area contributed by atoms with E-state index in [4.69, 9.17) is 14.5 Å². The molecule has 19 heteroatoms. The molecule has 0 unspecified atom stereocenters. The number of aromatic nitrogens is 5. The van der Waals surface area contributed by atoms with Gasteiger partial charge in [0, 0.05) is 58.9 Å². The minimum absolute atomic E-state index is 0.0271. The first kappa shape index (κ1) is 32.0. The Labute approximate surface area is 261 Å². The maximum absolute atomic E-state index is 14.3. The van der Waals surface area contributed by atoms with Gasteiger partial charge in [0.25, 0.3) is 6.43 Å². The molecule has 0 aliphatic carbocycles. The second-order valence-electron chi connectivity index (χ2n) is 11.0. The monoisotopic (exact) mass is 673 g/mol. The maximum atomic E-state index is 14.3. The predicted molar refractivity (Wildman–Crippen MR) is 166 cm³/mol. The molecule has 3 aromatic rings. The summed E-state index contributed by atoms with van der Waals surface area (Å²) >= 11 is 0. The number of ether oxygens (including phenoxy) is 2. The molecule has 1 aromatic carbocycles. The molecule has 15 nitrogen and oxygen atoms in total. The number of sulfonamides is 1. The van der Waals surface area contributed by atoms with Crippen molar-refractivity contribution in [1.82, 2.24) is 33.7 Å². The van der Waals surface area contributed by atoms with Gasteiger partial charge >= 0.3 is 0 Å². The number of alkyl halides is 2. The topological polar surface area (TPSA) is 163 Å². The molecule has 0 atom stereocenters. The lowest BCUT2D eigenvalue weighted by atomic mass is 10.3. The summed E-state index contributed by atoms with van der Waals surface area (Å²) in [5.74, 6) is 0.768. The van der Waals surface area contributed by atoms with E-state index in [2.05, 4.69) is 15.0 Å². The number of anilines is 2. The van der Waals surface area contributed by atoms with Crippen LogP contribution in [-0.4, -0.2) is 148 Å². The number of para-hydroxylation sites is 1. The molecule has 248 valence electrons. The van der Waals surface area contributed by atoms with Crippen molar-refractivity contribution in [2.45, 2.75) is 6.43 Å². The van der Waals surface area contributed by atoms with Crippen LogP contribution in [0, 0.1) is 0 Å². The second-order valence-corrected chi connectivity index (χ2v) is 15.5. The maximum Gasteiger partial charge on any atom is 0.296 e. The van der Waals surface area contributed by atoms with Crippen LogP contribution in [0.1, 0.15) is 12.2 Å². The summed E-state index contributed by atoms with van der Waals surface area (Å²) in [6, 6.07) is 4.97. The minimum Gasteiger partial charge on any atom is -0.494 e. The summed E-state index contributed by atoms with van der Waals surface area (Å²) in [6.07, 6.45) is -2.93. The molecule has 2 aromatic heterocycles. The number of nitrogens with zero attached hydrogens (tertiary/aromatic N) is 9. The number of rotatable bonds is 9. The van der Waals surface area contributed by atoms with Crippen LogP contribution in [0.3, 0.4) is 0 Å². The predicted octanol–water partition coefficient (Wildman–Crippen LogP) is 1.51. The summed E-state index contributed by atoms with van der Waals surface area (Å²) in [6.45, 7) is 4.11. The van der Waals surface area contributed by atoms with E-state index in [1.54, 1.807) is 18.2 Å². The highest BCUT2D eigenvalue weighted by Gasteiger charge is 2.31. The highest BCUT2D eigenvalue weighted by Crippen LogP contribution is 2.40. The van der Waals surface area contributed by atoms with Crippen LogP contribution in [0.2, 0.25) is 0 Å². The van der Waals surface area contributed by atoms with Gasteiger partial charge in [-0.2, -0.15) is 29.8 Å². The Morgan fingerprint density at radius 2 is 1.53 bits per heavy atom. The van der Waals surface area contributed by atoms with Gasteiger partial charge in [-0.05, 0) is 12.1 Å². The molecule has 3 aliphatic rings. The second kappa shape index (κ2) is 13.0. The van der Waals surface area contributed by atoms with E-state index in [1.165, 1.54) is 16.0 Å². The lowest BCUT2D eigenvalue weighted by Gasteiger charge is -2.41. The van der Waals surface area contributed by atoms with E-state index in [9.17, 15) is 26.3 Å². The van der Waals surface area contributed by atoms with E-state index in [0.717, 1.165) is 0 Å². The molecular formula is C26H37F2N9O6S2. The number of fused-ring (bicyclic) bond motifs is 1. The fraction of sp³-hybridized carbons (Fsp3) is 0.615. The number of benzene rings is 1. The number of piperazine rings is 1. The molecule has 3 fully saturated rings. The lowest BCUT2D eigenvalue weighted by Crippen LogP contribution is -2.51. The molecule has 0 bridgehead atoms. The summed E-state index contributed by atoms with van der Waals surface area (Å²) in [5, 5.41) is 0. The Bertz CT molecular complexity index is 1610. The van der Waals surface area contributed by atoms with Crippen molar-refractivity contribution in [1.29, 1.82) is 0 Å². The molecule has 6 rings (SSSR count). The third-order valence-electron chi connectivity index (χ3n) is 8.23. The molecule has 45 heavy (non-hydrogen) atoms. The van der Waals surface area contributed by atoms with Gasteiger partial charge in [-0.15, -0.1) is 0 Å². The van der Waals surface area contributed by atoms with Crippen LogP contribution in [0.25, 0.3) is 17.0 Å². The van der Waals surface area contributed by atoms with E-state index in [0.29, 0.717) is 63.2 Å². The smallest absolute Gasteiger partial charge is 0.296 e. The number of methoxy groups -OCH3 is 1. The van der Waals surface area contributed by atoms with Gasteiger partial charge in [-0.25, -0.2) is 22.2 Å². The molecule has 5 heterocycles. The molecule has 2 N–H and O–H groups in total. The zero-order chi connectivity index (χ0) is 31.8. The summed E-state index contributed by atoms with van der Waals surface area (Å²) in [4.78, 5) is 23.8. The molecule has 0 amide bonds. The zero-order valence-electron chi connectivity index (χ0n) is 24.8. The molecule has 3 aliphatic heterocycles. The number of imidazole rings is 1. The average molecular weight is 674 g/mol. The zero-order valence-corrected chi connectivity index (χ0v) is 26.5. The highest BCUT2D eigenvalue weighted by atomic mass is 32.3. The van der Waals surface area contributed by atoms with Gasteiger partial charge in [-0.1, -0.05) is 6.07 Å². The van der Waals surface area contributed by atoms with Gasteiger partial charge in [-0.3, -0.25) is 18.6 Å². The van der Waals surface area contributed by atoms with Gasteiger partial charge in [0.1, 0.15) is 11.3 Å². The Morgan fingerprint density at radius 3 is 2.16 bits per heavy atom. The Hall–Kier alpha value is -2.94. The van der Waals surface area contributed by atoms with E-state index < -0.39 is 32.9 Å². The largest absolute Gasteiger partial charge is 0.494 e. The fourth-order valence-electron chi connectivity index (χ4n) is 5.63. The van der Waals surface area contributed by atoms with Crippen molar-refractivity contribution < 1.29 is 35.8 Å². The Morgan fingerprint density at radius 1 is 0.911 bits per heavy atom. The molecule has 0 saturated carbocycles. The normalized spacial score (nSPS) is 21.0. The van der Waals surface area contributed by atoms with Crippen LogP contribution in [0.15, 0.2) is 18.2 Å². The first-order valence-electron chi connectivity index (χ1n) is 14.7. The number of halogens is 2. The minimum atomic E-state index is -3.57. The van der Waals surface area contributed by atoms with Gasteiger partial charge in [0.15, 0.2) is 5.82 Å². The van der Waals surface area contributed by atoms with Crippen LogP contribution in [0.5, 0.6) is 5.75 Å². The lowest BCUT2D eigenvalue weighted by molar-refractivity contribution is 0.122. The van der Waals surface area contributed by atoms with Gasteiger partial charge in [0.05, 0.1) is 43.1 Å². The van der Waals surface area contributed by atoms with Crippen molar-refractivity contribution in [3.8, 4) is 11.7 Å². The summed E-state index contributed by atoms with van der Waals surface area (Å²) in [5.41, 5.74) is 0.603. The van der Waals surface area contributed by atoms with E-state index >= 15 is 0 Å². The number of morpholine rings is 1. The van der Waals surface area contributed by atoms with Crippen LogP contribution in [0.4, 0.5) is 20.7 Å². The standard InChI is InChI=1S/C26H37F2N9O6S2/c1-42-20-4-2-3-19-21(20)29-23(22(27)28)37(19)26-31-24(30-25(32-26)35-9-14-43-15-10-35)34-5-7-36(8-6-34)45(40,41)18-13-33-11-16-44(38,39)17-12-33/h2-4,22,38-39H,5-18H2,1H3. The van der Waals surface area contributed by atoms with Crippen molar-refractivity contribution in [2.75, 3.05) is 106 Å². The van der Waals surface area contributed by atoms with Crippen molar-refractivity contribution in [3.63, 3.8) is 0 Å². The Kier molecular flexibility index (Phi) is 9.28. The first-order chi connectivity index (χ1) is 21.5. The van der Waals surface area contributed by atoms with Crippen molar-refractivity contribution in [3.05, 3.63) is 24.0 Å². The van der Waals surface area contributed by atoms with E-state index in [1.807, 2.05) is 14.7 Å². The SMILES string of the molecule is COc1cccc2c1nc(C(F)F)n2-c1nc(N2CCOCC2)nc(N2CCN(S(=O)(=O)CCN3CCS(O)(O)CC3)CC2)n1. The summed E-state index contributed by atoms with van der Waals surface area (Å²) in [7, 11) is -4.68. The molecule has 0 spiro atoms. The highest BCUT2D eigenvalue weighted by molar-refractivity contribution is 8.24. The fourth-order valence-corrected chi connectivity index (χ4v) is 8.40. The van der Waals surface area contributed by atoms with Crippen LogP contribution >= 0.6 is 10.6 Å². The number of hydrogen-bond donors (Lipinski definition) is 2. The van der Waals surface area contributed by atoms with Crippen molar-refractivity contribution in [2.24, 2.45) is 0 Å². The molecule has 3 saturated heterocycles. The Balaban J connectivity index is 1.25. The average Bonchev–Trinajstić information content (AvgIpc) is 3.45. The third kappa shape index (κ3) is 6.93. The quantitative estimate of drug-likeness (QED) is 0.337. The third-order valence-corrected chi connectivity index (χ3v) is 11.8. The molecule has 0 radical (unpaired) electrons. The summed E-state index contributed by atoms with van der Waals surface area (Å²) < 4.78 is 88.2. The van der Waals surface area contributed by atoms with Gasteiger partial charge in [0.2, 0.25) is 27.9 Å². The number of hydrogen-bond acceptors (Lipinski definition) is 13. The molecular weight excluding hydrogens is 636 g/mol.